The summed E-state index contributed by atoms with van der Waals surface area (Å²) in [4.78, 5) is 16.6. The first-order valence-electron chi connectivity index (χ1n) is 8.83. The maximum Gasteiger partial charge on any atom is 0.244 e. The number of carbonyl (C=O) groups is 1. The van der Waals surface area contributed by atoms with Gasteiger partial charge in [0.25, 0.3) is 0 Å². The number of hydrogen-bond donors (Lipinski definition) is 0. The molecule has 26 heavy (non-hydrogen) atoms. The van der Waals surface area contributed by atoms with Crippen LogP contribution in [0.2, 0.25) is 0 Å². The minimum Gasteiger partial charge on any atom is -0.371 e. The van der Waals surface area contributed by atoms with E-state index in [0.717, 1.165) is 17.5 Å². The summed E-state index contributed by atoms with van der Waals surface area (Å²) in [6.07, 6.45) is 0.783. The van der Waals surface area contributed by atoms with E-state index in [4.69, 9.17) is 4.74 Å². The first-order chi connectivity index (χ1) is 12.5. The van der Waals surface area contributed by atoms with Crippen molar-refractivity contribution in [2.75, 3.05) is 34.3 Å². The molecule has 2 atom stereocenters. The highest BCUT2D eigenvalue weighted by Crippen LogP contribution is 2.29. The van der Waals surface area contributed by atoms with Gasteiger partial charge in [0.1, 0.15) is 18.0 Å². The van der Waals surface area contributed by atoms with E-state index >= 15 is 0 Å². The summed E-state index contributed by atoms with van der Waals surface area (Å²) >= 11 is 0. The zero-order valence-electron chi connectivity index (χ0n) is 15.5. The van der Waals surface area contributed by atoms with Crippen molar-refractivity contribution in [2.45, 2.75) is 18.6 Å². The Labute approximate surface area is 154 Å². The molecule has 2 aromatic carbocycles. The molecule has 138 valence electrons. The molecule has 0 saturated heterocycles. The van der Waals surface area contributed by atoms with Gasteiger partial charge in [0.15, 0.2) is 0 Å². The fourth-order valence-electron chi connectivity index (χ4n) is 3.48. The van der Waals surface area contributed by atoms with E-state index in [9.17, 15) is 9.18 Å². The molecule has 1 amide bonds. The Morgan fingerprint density at radius 3 is 2.54 bits per heavy atom. The number of amides is 1. The first-order valence-corrected chi connectivity index (χ1v) is 8.83. The van der Waals surface area contributed by atoms with Gasteiger partial charge in [-0.2, -0.15) is 0 Å². The molecule has 0 spiro atoms. The van der Waals surface area contributed by atoms with Gasteiger partial charge in [-0.1, -0.05) is 36.4 Å². The van der Waals surface area contributed by atoms with Crippen LogP contribution in [0.15, 0.2) is 48.5 Å². The lowest BCUT2D eigenvalue weighted by Gasteiger charge is -2.33. The molecule has 2 aromatic rings. The van der Waals surface area contributed by atoms with Crippen molar-refractivity contribution in [3.05, 3.63) is 71.0 Å². The number of benzene rings is 2. The van der Waals surface area contributed by atoms with Crippen molar-refractivity contribution >= 4 is 5.91 Å². The van der Waals surface area contributed by atoms with E-state index in [1.807, 2.05) is 31.1 Å². The third-order valence-electron chi connectivity index (χ3n) is 4.84. The van der Waals surface area contributed by atoms with Crippen molar-refractivity contribution in [1.82, 2.24) is 9.80 Å². The summed E-state index contributed by atoms with van der Waals surface area (Å²) in [6, 6.07) is 13.9. The Morgan fingerprint density at radius 2 is 1.85 bits per heavy atom. The molecule has 1 heterocycles. The van der Waals surface area contributed by atoms with E-state index in [1.165, 1.54) is 17.7 Å². The molecule has 5 heteroatoms. The van der Waals surface area contributed by atoms with Crippen LogP contribution in [-0.2, 0) is 16.0 Å². The van der Waals surface area contributed by atoms with Gasteiger partial charge >= 0.3 is 0 Å². The standard InChI is InChI=1S/C21H25FN2O2/c1-23(2)20(16-8-10-17(22)11-9-16)21(25)24(3)14-19-18-7-5-4-6-15(18)12-13-26-19/h4-11,19-20H,12-14H2,1-3H3/t19-,20+/m1/s1. The number of rotatable bonds is 5. The number of nitrogens with zero attached hydrogens (tertiary/aromatic N) is 2. The molecule has 0 unspecified atom stereocenters. The Hall–Kier alpha value is -2.24. The fourth-order valence-corrected chi connectivity index (χ4v) is 3.48. The normalized spacial score (nSPS) is 17.7. The molecule has 4 nitrogen and oxygen atoms in total. The van der Waals surface area contributed by atoms with Crippen LogP contribution in [0.3, 0.4) is 0 Å². The van der Waals surface area contributed by atoms with Gasteiger partial charge in [0.05, 0.1) is 13.2 Å². The van der Waals surface area contributed by atoms with Crippen LogP contribution in [-0.4, -0.2) is 50.0 Å². The first kappa shape index (κ1) is 18.5. The zero-order chi connectivity index (χ0) is 18.7. The molecular formula is C21H25FN2O2. The maximum absolute atomic E-state index is 13.2. The average Bonchev–Trinajstić information content (AvgIpc) is 2.63. The second kappa shape index (κ2) is 7.98. The summed E-state index contributed by atoms with van der Waals surface area (Å²) in [5, 5.41) is 0. The minimum absolute atomic E-state index is 0.0340. The van der Waals surface area contributed by atoms with Crippen LogP contribution in [0.1, 0.15) is 28.8 Å². The van der Waals surface area contributed by atoms with Crippen molar-refractivity contribution in [3.8, 4) is 0 Å². The van der Waals surface area contributed by atoms with E-state index in [1.54, 1.807) is 24.1 Å². The van der Waals surface area contributed by atoms with Crippen LogP contribution in [0.5, 0.6) is 0 Å². The van der Waals surface area contributed by atoms with Crippen molar-refractivity contribution < 1.29 is 13.9 Å². The van der Waals surface area contributed by atoms with Gasteiger partial charge in [-0.05, 0) is 49.3 Å². The van der Waals surface area contributed by atoms with Gasteiger partial charge in [-0.15, -0.1) is 0 Å². The lowest BCUT2D eigenvalue weighted by atomic mass is 9.97. The van der Waals surface area contributed by atoms with Gasteiger partial charge < -0.3 is 9.64 Å². The summed E-state index contributed by atoms with van der Waals surface area (Å²) in [5.41, 5.74) is 3.21. The Bertz CT molecular complexity index is 761. The molecule has 3 rings (SSSR count). The Balaban J connectivity index is 1.77. The van der Waals surface area contributed by atoms with Gasteiger partial charge in [-0.25, -0.2) is 4.39 Å². The number of fused-ring (bicyclic) bond motifs is 1. The predicted octanol–water partition coefficient (Wildman–Crippen LogP) is 3.20. The second-order valence-corrected chi connectivity index (χ2v) is 6.94. The summed E-state index contributed by atoms with van der Waals surface area (Å²) < 4.78 is 19.2. The van der Waals surface area contributed by atoms with E-state index in [2.05, 4.69) is 12.1 Å². The minimum atomic E-state index is -0.459. The highest BCUT2D eigenvalue weighted by atomic mass is 19.1. The Morgan fingerprint density at radius 1 is 1.15 bits per heavy atom. The van der Waals surface area contributed by atoms with Crippen molar-refractivity contribution in [3.63, 3.8) is 0 Å². The molecular weight excluding hydrogens is 331 g/mol. The Kier molecular flexibility index (Phi) is 5.69. The molecule has 0 aromatic heterocycles. The van der Waals surface area contributed by atoms with Crippen molar-refractivity contribution in [1.29, 1.82) is 0 Å². The third-order valence-corrected chi connectivity index (χ3v) is 4.84. The topological polar surface area (TPSA) is 32.8 Å². The average molecular weight is 356 g/mol. The summed E-state index contributed by atoms with van der Waals surface area (Å²) in [7, 11) is 5.50. The molecule has 0 radical (unpaired) electrons. The van der Waals surface area contributed by atoms with Gasteiger partial charge in [-0.3, -0.25) is 9.69 Å². The molecule has 0 N–H and O–H groups in total. The van der Waals surface area contributed by atoms with Gasteiger partial charge in [0, 0.05) is 7.05 Å². The lowest BCUT2D eigenvalue weighted by Crippen LogP contribution is -2.41. The molecule has 1 aliphatic rings. The third kappa shape index (κ3) is 3.94. The van der Waals surface area contributed by atoms with Crippen molar-refractivity contribution in [2.24, 2.45) is 0 Å². The maximum atomic E-state index is 13.2. The highest BCUT2D eigenvalue weighted by molar-refractivity contribution is 5.83. The predicted molar refractivity (Wildman–Crippen MR) is 99.3 cm³/mol. The number of halogens is 1. The van der Waals surface area contributed by atoms with Crippen LogP contribution in [0.4, 0.5) is 4.39 Å². The SMILES string of the molecule is CN(C[C@H]1OCCc2ccccc21)C(=O)[C@H](c1ccc(F)cc1)N(C)C. The lowest BCUT2D eigenvalue weighted by molar-refractivity contribution is -0.137. The summed E-state index contributed by atoms with van der Waals surface area (Å²) in [6.45, 7) is 1.15. The smallest absolute Gasteiger partial charge is 0.244 e. The molecule has 0 fully saturated rings. The van der Waals surface area contributed by atoms with Crippen LogP contribution >= 0.6 is 0 Å². The van der Waals surface area contributed by atoms with E-state index < -0.39 is 6.04 Å². The molecule has 0 bridgehead atoms. The zero-order valence-corrected chi connectivity index (χ0v) is 15.5. The second-order valence-electron chi connectivity index (χ2n) is 6.94. The van der Waals surface area contributed by atoms with Gasteiger partial charge in [0.2, 0.25) is 5.91 Å². The monoisotopic (exact) mass is 356 g/mol. The molecule has 0 aliphatic carbocycles. The molecule has 1 aliphatic heterocycles. The van der Waals surface area contributed by atoms with Crippen LogP contribution in [0, 0.1) is 5.82 Å². The number of ether oxygens (including phenoxy) is 1. The highest BCUT2D eigenvalue weighted by Gasteiger charge is 2.29. The summed E-state index contributed by atoms with van der Waals surface area (Å²) in [5.74, 6) is -0.340. The number of hydrogen-bond acceptors (Lipinski definition) is 3. The largest absolute Gasteiger partial charge is 0.371 e. The number of carbonyl (C=O) groups excluding carboxylic acids is 1. The van der Waals surface area contributed by atoms with E-state index in [-0.39, 0.29) is 17.8 Å². The van der Waals surface area contributed by atoms with Crippen LogP contribution < -0.4 is 0 Å². The quantitative estimate of drug-likeness (QED) is 0.825. The van der Waals surface area contributed by atoms with Crippen LogP contribution in [0.25, 0.3) is 0 Å². The molecule has 0 saturated carbocycles. The fraction of sp³-hybridized carbons (Fsp3) is 0.381. The van der Waals surface area contributed by atoms with E-state index in [0.29, 0.717) is 13.2 Å². The number of likely N-dealkylation sites (N-methyl/N-ethyl adjacent to an activating group) is 2.